The van der Waals surface area contributed by atoms with Crippen LogP contribution in [0.5, 0.6) is 0 Å². The maximum Gasteiger partial charge on any atom is 0.293 e. The zero-order chi connectivity index (χ0) is 15.4. The predicted octanol–water partition coefficient (Wildman–Crippen LogP) is 2.83. The number of hydrogen-bond donors (Lipinski definition) is 1. The molecule has 110 valence electrons. The highest BCUT2D eigenvalue weighted by Crippen LogP contribution is 2.28. The van der Waals surface area contributed by atoms with Crippen LogP contribution in [0.25, 0.3) is 0 Å². The predicted molar refractivity (Wildman–Crippen MR) is 89.5 cm³/mol. The minimum atomic E-state index is -0.0910. The fraction of sp³-hybridized carbons (Fsp3) is 0.200. The summed E-state index contributed by atoms with van der Waals surface area (Å²) in [5.41, 5.74) is 7.23. The molecule has 1 aromatic rings. The van der Waals surface area contributed by atoms with E-state index in [1.165, 1.54) is 0 Å². The van der Waals surface area contributed by atoms with E-state index in [-0.39, 0.29) is 6.04 Å². The fourth-order valence-corrected chi connectivity index (χ4v) is 3.29. The summed E-state index contributed by atoms with van der Waals surface area (Å²) in [5.74, 6) is 0.856. The van der Waals surface area contributed by atoms with Crippen molar-refractivity contribution in [2.24, 2.45) is 15.2 Å². The highest BCUT2D eigenvalue weighted by atomic mass is 35.5. The van der Waals surface area contributed by atoms with Gasteiger partial charge in [0.05, 0.1) is 5.02 Å². The second-order valence-electron chi connectivity index (χ2n) is 5.34. The Morgan fingerprint density at radius 3 is 2.82 bits per heavy atom. The molecule has 0 saturated carbocycles. The van der Waals surface area contributed by atoms with Crippen molar-refractivity contribution in [2.45, 2.75) is 19.9 Å². The largest absolute Gasteiger partial charge is 0.293 e. The molecule has 0 aromatic heterocycles. The number of amidine groups is 1. The third-order valence-corrected chi connectivity index (χ3v) is 4.31. The fourth-order valence-electron chi connectivity index (χ4n) is 2.79. The standard InChI is InChI=1S/C15H11Cl2N5/c1-7-5-12-15-14(18-7)13(21-22(15)8(2)19-20-12)10-4-3-9(16)6-11(10)17/h3-6,15H,1-2H3/p+1. The second kappa shape index (κ2) is 4.76. The van der Waals surface area contributed by atoms with Gasteiger partial charge in [-0.25, -0.2) is 0 Å². The number of rotatable bonds is 1. The smallest absolute Gasteiger partial charge is 0.251 e. The van der Waals surface area contributed by atoms with Gasteiger partial charge in [0.25, 0.3) is 5.84 Å². The first-order valence-electron chi connectivity index (χ1n) is 6.82. The van der Waals surface area contributed by atoms with E-state index in [9.17, 15) is 0 Å². The normalized spacial score (nSPS) is 22.5. The van der Waals surface area contributed by atoms with E-state index in [2.05, 4.69) is 15.5 Å². The Morgan fingerprint density at radius 2 is 2.05 bits per heavy atom. The molecule has 5 nitrogen and oxygen atoms in total. The minimum absolute atomic E-state index is 0.0910. The summed E-state index contributed by atoms with van der Waals surface area (Å²) in [7, 11) is 0. The summed E-state index contributed by atoms with van der Waals surface area (Å²) in [4.78, 5) is 4.67. The summed E-state index contributed by atoms with van der Waals surface area (Å²) in [6.45, 7) is 3.87. The van der Waals surface area contributed by atoms with Crippen LogP contribution in [0.4, 0.5) is 0 Å². The maximum atomic E-state index is 6.35. The van der Waals surface area contributed by atoms with Crippen molar-refractivity contribution in [2.75, 3.05) is 0 Å². The van der Waals surface area contributed by atoms with Gasteiger partial charge in [0.1, 0.15) is 17.1 Å². The monoisotopic (exact) mass is 332 g/mol. The Kier molecular flexibility index (Phi) is 2.96. The maximum absolute atomic E-state index is 6.35. The Bertz CT molecular complexity index is 861. The summed E-state index contributed by atoms with van der Waals surface area (Å²) in [5, 5.41) is 10.3. The molecule has 3 aliphatic rings. The average Bonchev–Trinajstić information content (AvgIpc) is 2.83. The quantitative estimate of drug-likeness (QED) is 0.790. The Hall–Kier alpha value is -1.98. The molecule has 1 N–H and O–H groups in total. The second-order valence-corrected chi connectivity index (χ2v) is 6.18. The van der Waals surface area contributed by atoms with Crippen LogP contribution in [0.1, 0.15) is 19.4 Å². The lowest BCUT2D eigenvalue weighted by Crippen LogP contribution is -2.46. The number of allylic oxidation sites excluding steroid dienone is 1. The Balaban J connectivity index is 1.94. The molecule has 0 radical (unpaired) electrons. The lowest BCUT2D eigenvalue weighted by Gasteiger charge is -2.18. The molecule has 3 aliphatic heterocycles. The summed E-state index contributed by atoms with van der Waals surface area (Å²) in [6, 6.07) is 5.30. The van der Waals surface area contributed by atoms with Crippen molar-refractivity contribution >= 4 is 46.2 Å². The third-order valence-electron chi connectivity index (χ3n) is 3.76. The van der Waals surface area contributed by atoms with E-state index < -0.39 is 0 Å². The number of hydrogen-bond acceptors (Lipinski definition) is 4. The first-order valence-corrected chi connectivity index (χ1v) is 7.58. The molecular formula is C15H12Cl2N5+. The molecule has 7 heteroatoms. The van der Waals surface area contributed by atoms with Crippen molar-refractivity contribution in [3.63, 3.8) is 0 Å². The van der Waals surface area contributed by atoms with E-state index in [1.54, 1.807) is 12.1 Å². The molecule has 0 amide bonds. The third kappa shape index (κ3) is 1.93. The molecule has 1 aromatic carbocycles. The van der Waals surface area contributed by atoms with E-state index in [1.807, 2.05) is 30.7 Å². The van der Waals surface area contributed by atoms with E-state index in [0.717, 1.165) is 34.2 Å². The number of aliphatic imine (C=N–C) groups is 1. The van der Waals surface area contributed by atoms with Gasteiger partial charge >= 0.3 is 0 Å². The molecule has 1 atom stereocenters. The average molecular weight is 333 g/mol. The van der Waals surface area contributed by atoms with Gasteiger partial charge in [-0.15, -0.1) is 4.68 Å². The van der Waals surface area contributed by atoms with Gasteiger partial charge < -0.3 is 0 Å². The lowest BCUT2D eigenvalue weighted by molar-refractivity contribution is -0.536. The molecule has 1 unspecified atom stereocenters. The van der Waals surface area contributed by atoms with Crippen LogP contribution in [0, 0.1) is 0 Å². The van der Waals surface area contributed by atoms with Crippen molar-refractivity contribution in [3.8, 4) is 0 Å². The van der Waals surface area contributed by atoms with Gasteiger partial charge in [-0.2, -0.15) is 5.43 Å². The van der Waals surface area contributed by atoms with E-state index >= 15 is 0 Å². The summed E-state index contributed by atoms with van der Waals surface area (Å²) in [6.07, 6.45) is 1.96. The molecule has 0 saturated heterocycles. The van der Waals surface area contributed by atoms with Gasteiger partial charge in [-0.1, -0.05) is 33.4 Å². The van der Waals surface area contributed by atoms with Crippen LogP contribution in [0.15, 0.2) is 45.2 Å². The topological polar surface area (TPSA) is 52.1 Å². The molecular weight excluding hydrogens is 321 g/mol. The molecule has 0 spiro atoms. The van der Waals surface area contributed by atoms with Crippen LogP contribution in [0.2, 0.25) is 10.0 Å². The van der Waals surface area contributed by atoms with Crippen LogP contribution >= 0.6 is 23.2 Å². The molecule has 4 rings (SSSR count). The lowest BCUT2D eigenvalue weighted by atomic mass is 9.95. The van der Waals surface area contributed by atoms with Crippen molar-refractivity contribution in [3.05, 3.63) is 45.6 Å². The van der Waals surface area contributed by atoms with E-state index in [4.69, 9.17) is 28.3 Å². The highest BCUT2D eigenvalue weighted by molar-refractivity contribution is 6.56. The van der Waals surface area contributed by atoms with Crippen molar-refractivity contribution in [1.29, 1.82) is 0 Å². The van der Waals surface area contributed by atoms with Gasteiger partial charge in [0.15, 0.2) is 0 Å². The van der Waals surface area contributed by atoms with Crippen LogP contribution in [-0.2, 0) is 0 Å². The van der Waals surface area contributed by atoms with Crippen LogP contribution in [-0.4, -0.2) is 33.7 Å². The number of nitrogens with zero attached hydrogens (tertiary/aromatic N) is 4. The minimum Gasteiger partial charge on any atom is -0.251 e. The SMILES string of the molecule is CC1=CC2=NNC(C)=[N+]3N=C(c4ccc(Cl)cc4Cl)C(=N1)C23. The molecule has 0 bridgehead atoms. The van der Waals surface area contributed by atoms with E-state index in [0.29, 0.717) is 10.0 Å². The first kappa shape index (κ1) is 13.7. The zero-order valence-electron chi connectivity index (χ0n) is 11.9. The Labute approximate surface area is 137 Å². The number of benzene rings is 1. The van der Waals surface area contributed by atoms with Crippen molar-refractivity contribution in [1.82, 2.24) is 5.43 Å². The molecule has 0 fully saturated rings. The number of hydrazone groups is 2. The first-order chi connectivity index (χ1) is 10.5. The summed E-state index contributed by atoms with van der Waals surface area (Å²) < 4.78 is 1.89. The van der Waals surface area contributed by atoms with Gasteiger partial charge in [-0.3, -0.25) is 4.99 Å². The van der Waals surface area contributed by atoms with Crippen molar-refractivity contribution < 1.29 is 4.68 Å². The number of nitrogens with one attached hydrogen (secondary N) is 1. The molecule has 3 heterocycles. The van der Waals surface area contributed by atoms with Crippen LogP contribution in [0.3, 0.4) is 0 Å². The Morgan fingerprint density at radius 1 is 1.23 bits per heavy atom. The molecule has 22 heavy (non-hydrogen) atoms. The summed E-state index contributed by atoms with van der Waals surface area (Å²) >= 11 is 12.3. The van der Waals surface area contributed by atoms with Crippen LogP contribution < -0.4 is 5.43 Å². The number of halogens is 2. The van der Waals surface area contributed by atoms with Gasteiger partial charge in [0, 0.05) is 23.2 Å². The van der Waals surface area contributed by atoms with Gasteiger partial charge in [0.2, 0.25) is 6.04 Å². The molecule has 0 aliphatic carbocycles. The van der Waals surface area contributed by atoms with Gasteiger partial charge in [-0.05, 0) is 31.2 Å². The highest BCUT2D eigenvalue weighted by Gasteiger charge is 2.45. The zero-order valence-corrected chi connectivity index (χ0v) is 13.4.